The molecule has 0 fully saturated rings. The summed E-state index contributed by atoms with van der Waals surface area (Å²) in [7, 11) is 0. The maximum atomic E-state index is 9.20. The van der Waals surface area contributed by atoms with Gasteiger partial charge in [0, 0.05) is 27.3 Å². The van der Waals surface area contributed by atoms with Crippen molar-refractivity contribution in [2.75, 3.05) is 12.9 Å². The first-order valence-corrected chi connectivity index (χ1v) is 7.85. The van der Waals surface area contributed by atoms with Gasteiger partial charge in [0.1, 0.15) is 0 Å². The zero-order valence-corrected chi connectivity index (χ0v) is 13.1. The van der Waals surface area contributed by atoms with Gasteiger partial charge in [-0.25, -0.2) is 0 Å². The summed E-state index contributed by atoms with van der Waals surface area (Å²) in [5, 5.41) is 13.6. The maximum absolute atomic E-state index is 9.20. The van der Waals surface area contributed by atoms with E-state index < -0.39 is 0 Å². The molecule has 1 aromatic carbocycles. The number of hydrogen-bond acceptors (Lipinski definition) is 3. The molecule has 0 spiro atoms. The predicted octanol–water partition coefficient (Wildman–Crippen LogP) is 3.30. The predicted molar refractivity (Wildman–Crippen MR) is 79.8 cm³/mol. The highest BCUT2D eigenvalue weighted by atomic mass is 79.9. The van der Waals surface area contributed by atoms with Gasteiger partial charge in [0.15, 0.2) is 0 Å². The van der Waals surface area contributed by atoms with Crippen molar-refractivity contribution in [3.05, 3.63) is 33.3 Å². The van der Waals surface area contributed by atoms with E-state index in [4.69, 9.17) is 11.6 Å². The summed E-state index contributed by atoms with van der Waals surface area (Å²) in [5.74, 6) is 0. The smallest absolute Gasteiger partial charge is 0.0564 e. The number of aliphatic hydroxyl groups excluding tert-OH is 1. The fourth-order valence-corrected chi connectivity index (χ4v) is 2.75. The topological polar surface area (TPSA) is 32.3 Å². The van der Waals surface area contributed by atoms with Gasteiger partial charge in [-0.15, -0.1) is 0 Å². The summed E-state index contributed by atoms with van der Waals surface area (Å²) in [5.41, 5.74) is 1.13. The molecule has 2 nitrogen and oxygen atoms in total. The lowest BCUT2D eigenvalue weighted by Crippen LogP contribution is -2.37. The second-order valence-corrected chi connectivity index (χ2v) is 6.23. The van der Waals surface area contributed by atoms with Crippen LogP contribution in [0.1, 0.15) is 12.5 Å². The fraction of sp³-hybridized carbons (Fsp3) is 0.500. The van der Waals surface area contributed by atoms with Crippen LogP contribution in [0, 0.1) is 0 Å². The van der Waals surface area contributed by atoms with Crippen LogP contribution < -0.4 is 5.32 Å². The first kappa shape index (κ1) is 15.3. The van der Waals surface area contributed by atoms with Crippen LogP contribution in [0.15, 0.2) is 22.7 Å². The van der Waals surface area contributed by atoms with Crippen LogP contribution in [0.2, 0.25) is 5.02 Å². The minimum Gasteiger partial charge on any atom is -0.395 e. The first-order chi connectivity index (χ1) is 8.08. The van der Waals surface area contributed by atoms with Crippen LogP contribution >= 0.6 is 39.3 Å². The van der Waals surface area contributed by atoms with Crippen molar-refractivity contribution in [2.24, 2.45) is 0 Å². The Balaban J connectivity index is 2.57. The average Bonchev–Trinajstić information content (AvgIpc) is 2.32. The molecule has 17 heavy (non-hydrogen) atoms. The Hall–Kier alpha value is 0.260. The van der Waals surface area contributed by atoms with Crippen LogP contribution in [0.3, 0.4) is 0 Å². The summed E-state index contributed by atoms with van der Waals surface area (Å²) < 4.78 is 1.05. The highest BCUT2D eigenvalue weighted by Gasteiger charge is 2.14. The lowest BCUT2D eigenvalue weighted by Gasteiger charge is -2.21. The fourth-order valence-electron chi connectivity index (χ4n) is 1.52. The van der Waals surface area contributed by atoms with E-state index in [1.165, 1.54) is 0 Å². The SMILES string of the molecule is CSC(CO)C(C)NCc1cc(Cl)ccc1Br. The summed E-state index contributed by atoms with van der Waals surface area (Å²) in [6.07, 6.45) is 2.01. The van der Waals surface area contributed by atoms with E-state index in [1.807, 2.05) is 24.5 Å². The summed E-state index contributed by atoms with van der Waals surface area (Å²) in [6.45, 7) is 3.00. The number of aliphatic hydroxyl groups is 1. The van der Waals surface area contributed by atoms with E-state index in [1.54, 1.807) is 11.8 Å². The third kappa shape index (κ3) is 4.79. The van der Waals surface area contributed by atoms with Gasteiger partial charge >= 0.3 is 0 Å². The standard InChI is InChI=1S/C12H17BrClNOS/c1-8(12(7-16)17-2)15-6-9-5-10(14)3-4-11(9)13/h3-5,8,12,15-16H,6-7H2,1-2H3. The maximum Gasteiger partial charge on any atom is 0.0564 e. The molecule has 0 aliphatic carbocycles. The Morgan fingerprint density at radius 2 is 2.24 bits per heavy atom. The van der Waals surface area contributed by atoms with Crippen LogP contribution in [-0.2, 0) is 6.54 Å². The lowest BCUT2D eigenvalue weighted by atomic mass is 10.2. The van der Waals surface area contributed by atoms with Crippen molar-refractivity contribution in [2.45, 2.75) is 24.8 Å². The zero-order chi connectivity index (χ0) is 12.8. The van der Waals surface area contributed by atoms with E-state index in [9.17, 15) is 5.11 Å². The van der Waals surface area contributed by atoms with Gasteiger partial charge in [0.25, 0.3) is 0 Å². The molecule has 0 saturated heterocycles. The summed E-state index contributed by atoms with van der Waals surface area (Å²) >= 11 is 11.1. The van der Waals surface area contributed by atoms with E-state index in [0.717, 1.165) is 21.6 Å². The normalized spacial score (nSPS) is 14.6. The molecule has 0 heterocycles. The number of hydrogen-bond donors (Lipinski definition) is 2. The Labute approximate surface area is 120 Å². The van der Waals surface area contributed by atoms with Gasteiger partial charge in [0.2, 0.25) is 0 Å². The molecule has 0 aliphatic rings. The highest BCUT2D eigenvalue weighted by Crippen LogP contribution is 2.21. The van der Waals surface area contributed by atoms with Crippen molar-refractivity contribution in [1.29, 1.82) is 0 Å². The van der Waals surface area contributed by atoms with Crippen LogP contribution in [-0.4, -0.2) is 29.3 Å². The molecule has 0 radical (unpaired) electrons. The number of rotatable bonds is 6. The molecule has 1 rings (SSSR count). The van der Waals surface area contributed by atoms with Gasteiger partial charge in [-0.05, 0) is 36.9 Å². The zero-order valence-electron chi connectivity index (χ0n) is 9.91. The molecule has 2 unspecified atom stereocenters. The van der Waals surface area contributed by atoms with Gasteiger partial charge in [-0.3, -0.25) is 0 Å². The molecule has 1 aromatic rings. The molecular weight excluding hydrogens is 322 g/mol. The Kier molecular flexibility index (Phi) is 6.89. The Bertz CT molecular complexity index is 360. The van der Waals surface area contributed by atoms with Crippen molar-refractivity contribution in [3.63, 3.8) is 0 Å². The van der Waals surface area contributed by atoms with Gasteiger partial charge in [-0.1, -0.05) is 27.5 Å². The lowest BCUT2D eigenvalue weighted by molar-refractivity contribution is 0.276. The molecule has 0 aromatic heterocycles. The Morgan fingerprint density at radius 3 is 2.82 bits per heavy atom. The van der Waals surface area contributed by atoms with Crippen molar-refractivity contribution < 1.29 is 5.11 Å². The van der Waals surface area contributed by atoms with Crippen LogP contribution in [0.5, 0.6) is 0 Å². The monoisotopic (exact) mass is 337 g/mol. The van der Waals surface area contributed by atoms with Crippen molar-refractivity contribution >= 4 is 39.3 Å². The number of benzene rings is 1. The molecule has 96 valence electrons. The third-order valence-electron chi connectivity index (χ3n) is 2.66. The van der Waals surface area contributed by atoms with Crippen LogP contribution in [0.4, 0.5) is 0 Å². The second kappa shape index (κ2) is 7.64. The van der Waals surface area contributed by atoms with E-state index in [2.05, 4.69) is 28.2 Å². The number of nitrogens with one attached hydrogen (secondary N) is 1. The van der Waals surface area contributed by atoms with E-state index in [-0.39, 0.29) is 17.9 Å². The van der Waals surface area contributed by atoms with Crippen LogP contribution in [0.25, 0.3) is 0 Å². The van der Waals surface area contributed by atoms with Gasteiger partial charge in [-0.2, -0.15) is 11.8 Å². The number of thioether (sulfide) groups is 1. The highest BCUT2D eigenvalue weighted by molar-refractivity contribution is 9.10. The largest absolute Gasteiger partial charge is 0.395 e. The minimum absolute atomic E-state index is 0.187. The molecular formula is C12H17BrClNOS. The van der Waals surface area contributed by atoms with Gasteiger partial charge in [0.05, 0.1) is 6.61 Å². The molecule has 0 bridgehead atoms. The average molecular weight is 339 g/mol. The van der Waals surface area contributed by atoms with E-state index >= 15 is 0 Å². The van der Waals surface area contributed by atoms with Crippen molar-refractivity contribution in [3.8, 4) is 0 Å². The van der Waals surface area contributed by atoms with Gasteiger partial charge < -0.3 is 10.4 Å². The summed E-state index contributed by atoms with van der Waals surface area (Å²) in [6, 6.07) is 6.00. The molecule has 0 aliphatic heterocycles. The third-order valence-corrected chi connectivity index (χ3v) is 4.83. The molecule has 2 atom stereocenters. The second-order valence-electron chi connectivity index (χ2n) is 3.86. The molecule has 0 saturated carbocycles. The minimum atomic E-state index is 0.187. The van der Waals surface area contributed by atoms with Crippen molar-refractivity contribution in [1.82, 2.24) is 5.32 Å². The molecule has 0 amide bonds. The van der Waals surface area contributed by atoms with E-state index in [0.29, 0.717) is 0 Å². The molecule has 5 heteroatoms. The molecule has 2 N–H and O–H groups in total. The quantitative estimate of drug-likeness (QED) is 0.834. The first-order valence-electron chi connectivity index (χ1n) is 5.39. The Morgan fingerprint density at radius 1 is 1.53 bits per heavy atom. The number of halogens is 2. The summed E-state index contributed by atoms with van der Waals surface area (Å²) in [4.78, 5) is 0.